The first-order valence-electron chi connectivity index (χ1n) is 9.76. The Labute approximate surface area is 172 Å². The van der Waals surface area contributed by atoms with Crippen molar-refractivity contribution in [1.29, 1.82) is 0 Å². The van der Waals surface area contributed by atoms with Gasteiger partial charge in [0.25, 0.3) is 0 Å². The lowest BCUT2D eigenvalue weighted by Gasteiger charge is -2.32. The molecule has 2 amide bonds. The van der Waals surface area contributed by atoms with Gasteiger partial charge in [0.2, 0.25) is 17.2 Å². The van der Waals surface area contributed by atoms with E-state index in [2.05, 4.69) is 15.4 Å². The number of carbonyl (C=O) groups excluding carboxylic acids is 2. The number of amides is 2. The van der Waals surface area contributed by atoms with E-state index in [1.807, 2.05) is 11.0 Å². The van der Waals surface area contributed by atoms with Gasteiger partial charge >= 0.3 is 0 Å². The molecule has 9 heteroatoms. The van der Waals surface area contributed by atoms with Gasteiger partial charge in [-0.1, -0.05) is 12.1 Å². The molecule has 0 bridgehead atoms. The molecule has 1 fully saturated rings. The van der Waals surface area contributed by atoms with Crippen molar-refractivity contribution in [2.24, 2.45) is 11.7 Å². The van der Waals surface area contributed by atoms with Gasteiger partial charge in [-0.05, 0) is 37.1 Å². The number of hydrogen-bond donors (Lipinski definition) is 2. The van der Waals surface area contributed by atoms with Crippen LogP contribution >= 0.6 is 0 Å². The number of nitrogens with one attached hydrogen (secondary N) is 1. The Morgan fingerprint density at radius 2 is 2.00 bits per heavy atom. The Morgan fingerprint density at radius 3 is 2.77 bits per heavy atom. The third-order valence-electron chi connectivity index (χ3n) is 5.23. The monoisotopic (exact) mass is 406 g/mol. The number of hydrogen-bond acceptors (Lipinski definition) is 6. The Kier molecular flexibility index (Phi) is 5.42. The van der Waals surface area contributed by atoms with Gasteiger partial charge in [0.05, 0.1) is 29.5 Å². The molecule has 0 radical (unpaired) electrons. The number of para-hydroxylation sites is 1. The van der Waals surface area contributed by atoms with Gasteiger partial charge in [-0.25, -0.2) is 4.98 Å². The van der Waals surface area contributed by atoms with Crippen molar-refractivity contribution in [2.45, 2.75) is 19.4 Å². The third kappa shape index (κ3) is 4.14. The fourth-order valence-corrected chi connectivity index (χ4v) is 3.69. The van der Waals surface area contributed by atoms with Crippen molar-refractivity contribution >= 4 is 34.2 Å². The number of primary amides is 1. The summed E-state index contributed by atoms with van der Waals surface area (Å²) in [7, 11) is 0. The quantitative estimate of drug-likeness (QED) is 0.655. The standard InChI is InChI=1S/C21H22N6O3/c22-21(30)14-4-3-9-26(12-14)19-8-7-15(10-23-19)25-20(29)13-27-17-6-2-1-5-16(17)18(28)11-24-27/h1-2,5-8,10-11,14H,3-4,9,12-13H2,(H2,22,30)(H,25,29). The average Bonchev–Trinajstić information content (AvgIpc) is 2.76. The maximum absolute atomic E-state index is 12.5. The molecule has 1 atom stereocenters. The zero-order valence-corrected chi connectivity index (χ0v) is 16.3. The van der Waals surface area contributed by atoms with Crippen LogP contribution in [-0.4, -0.2) is 39.7 Å². The maximum atomic E-state index is 12.5. The predicted octanol–water partition coefficient (Wildman–Crippen LogP) is 1.13. The second-order valence-electron chi connectivity index (χ2n) is 7.32. The van der Waals surface area contributed by atoms with E-state index in [9.17, 15) is 14.4 Å². The fraction of sp³-hybridized carbons (Fsp3) is 0.286. The summed E-state index contributed by atoms with van der Waals surface area (Å²) in [6.45, 7) is 1.33. The molecule has 1 aliphatic rings. The fourth-order valence-electron chi connectivity index (χ4n) is 3.69. The van der Waals surface area contributed by atoms with Crippen LogP contribution in [0.4, 0.5) is 11.5 Å². The highest BCUT2D eigenvalue weighted by molar-refractivity contribution is 5.91. The van der Waals surface area contributed by atoms with Gasteiger partial charge < -0.3 is 16.0 Å². The molecule has 1 saturated heterocycles. The first-order chi connectivity index (χ1) is 14.5. The second-order valence-corrected chi connectivity index (χ2v) is 7.32. The molecule has 1 unspecified atom stereocenters. The lowest BCUT2D eigenvalue weighted by molar-refractivity contribution is -0.122. The van der Waals surface area contributed by atoms with E-state index in [-0.39, 0.29) is 29.7 Å². The number of rotatable bonds is 5. The summed E-state index contributed by atoms with van der Waals surface area (Å²) in [5, 5.41) is 7.38. The number of benzene rings is 1. The summed E-state index contributed by atoms with van der Waals surface area (Å²) in [4.78, 5) is 42.3. The van der Waals surface area contributed by atoms with E-state index in [1.165, 1.54) is 10.9 Å². The van der Waals surface area contributed by atoms with Crippen molar-refractivity contribution in [3.05, 3.63) is 59.0 Å². The summed E-state index contributed by atoms with van der Waals surface area (Å²) < 4.78 is 1.49. The van der Waals surface area contributed by atoms with E-state index in [4.69, 9.17) is 5.73 Å². The lowest BCUT2D eigenvalue weighted by atomic mass is 9.97. The summed E-state index contributed by atoms with van der Waals surface area (Å²) >= 11 is 0. The molecule has 3 heterocycles. The first kappa shape index (κ1) is 19.6. The van der Waals surface area contributed by atoms with E-state index < -0.39 is 0 Å². The SMILES string of the molecule is NC(=O)C1CCCN(c2ccc(NC(=O)Cn3ncc(=O)c4ccccc43)cn2)C1. The Balaban J connectivity index is 1.43. The van der Waals surface area contributed by atoms with Crippen LogP contribution in [0.3, 0.4) is 0 Å². The molecular weight excluding hydrogens is 384 g/mol. The zero-order chi connectivity index (χ0) is 21.1. The zero-order valence-electron chi connectivity index (χ0n) is 16.3. The highest BCUT2D eigenvalue weighted by atomic mass is 16.2. The molecule has 0 aliphatic carbocycles. The van der Waals surface area contributed by atoms with Crippen molar-refractivity contribution in [1.82, 2.24) is 14.8 Å². The van der Waals surface area contributed by atoms with Crippen molar-refractivity contribution in [3.63, 3.8) is 0 Å². The van der Waals surface area contributed by atoms with Crippen LogP contribution in [-0.2, 0) is 16.1 Å². The molecule has 30 heavy (non-hydrogen) atoms. The lowest BCUT2D eigenvalue weighted by Crippen LogP contribution is -2.41. The molecule has 2 aromatic heterocycles. The number of nitrogens with zero attached hydrogens (tertiary/aromatic N) is 4. The minimum atomic E-state index is -0.285. The number of anilines is 2. The number of nitrogens with two attached hydrogens (primary N) is 1. The molecule has 3 N–H and O–H groups in total. The van der Waals surface area contributed by atoms with E-state index in [0.29, 0.717) is 23.1 Å². The van der Waals surface area contributed by atoms with E-state index in [0.717, 1.165) is 25.2 Å². The normalized spacial score (nSPS) is 16.4. The molecular formula is C21H22N6O3. The predicted molar refractivity (Wildman–Crippen MR) is 113 cm³/mol. The largest absolute Gasteiger partial charge is 0.369 e. The minimum absolute atomic E-state index is 0.0328. The Bertz CT molecular complexity index is 1140. The molecule has 1 aliphatic heterocycles. The van der Waals surface area contributed by atoms with Crippen LogP contribution in [0.25, 0.3) is 10.9 Å². The van der Waals surface area contributed by atoms with Gasteiger partial charge in [-0.15, -0.1) is 0 Å². The number of pyridine rings is 1. The molecule has 1 aromatic carbocycles. The van der Waals surface area contributed by atoms with E-state index in [1.54, 1.807) is 36.5 Å². The van der Waals surface area contributed by atoms with Crippen LogP contribution in [0.1, 0.15) is 12.8 Å². The second kappa shape index (κ2) is 8.32. The smallest absolute Gasteiger partial charge is 0.246 e. The highest BCUT2D eigenvalue weighted by Gasteiger charge is 2.24. The van der Waals surface area contributed by atoms with Crippen LogP contribution in [0.2, 0.25) is 0 Å². The van der Waals surface area contributed by atoms with Gasteiger partial charge in [0, 0.05) is 18.5 Å². The van der Waals surface area contributed by atoms with Crippen molar-refractivity contribution < 1.29 is 9.59 Å². The molecule has 154 valence electrons. The van der Waals surface area contributed by atoms with Gasteiger partial charge in [0.1, 0.15) is 12.4 Å². The molecule has 3 aromatic rings. The highest BCUT2D eigenvalue weighted by Crippen LogP contribution is 2.22. The average molecular weight is 406 g/mol. The van der Waals surface area contributed by atoms with Gasteiger partial charge in [-0.3, -0.25) is 19.1 Å². The maximum Gasteiger partial charge on any atom is 0.246 e. The number of piperidine rings is 1. The summed E-state index contributed by atoms with van der Waals surface area (Å²) in [5.41, 5.74) is 6.41. The van der Waals surface area contributed by atoms with Gasteiger partial charge in [-0.2, -0.15) is 5.10 Å². The van der Waals surface area contributed by atoms with Crippen molar-refractivity contribution in [3.8, 4) is 0 Å². The van der Waals surface area contributed by atoms with Crippen LogP contribution in [0.15, 0.2) is 53.6 Å². The molecule has 0 saturated carbocycles. The first-order valence-corrected chi connectivity index (χ1v) is 9.76. The summed E-state index contributed by atoms with van der Waals surface area (Å²) in [6.07, 6.45) is 4.48. The molecule has 0 spiro atoms. The van der Waals surface area contributed by atoms with Crippen LogP contribution in [0.5, 0.6) is 0 Å². The number of carbonyl (C=O) groups is 2. The molecule has 9 nitrogen and oxygen atoms in total. The van der Waals surface area contributed by atoms with Crippen LogP contribution < -0.4 is 21.4 Å². The number of fused-ring (bicyclic) bond motifs is 1. The van der Waals surface area contributed by atoms with Crippen LogP contribution in [0, 0.1) is 5.92 Å². The topological polar surface area (TPSA) is 123 Å². The molecule has 4 rings (SSSR count). The summed E-state index contributed by atoms with van der Waals surface area (Å²) in [5.74, 6) is 0.0108. The minimum Gasteiger partial charge on any atom is -0.369 e. The Hall–Kier alpha value is -3.75. The third-order valence-corrected chi connectivity index (χ3v) is 5.23. The van der Waals surface area contributed by atoms with E-state index >= 15 is 0 Å². The van der Waals surface area contributed by atoms with Gasteiger partial charge in [0.15, 0.2) is 0 Å². The summed E-state index contributed by atoms with van der Waals surface area (Å²) in [6, 6.07) is 10.6. The van der Waals surface area contributed by atoms with Crippen molar-refractivity contribution in [2.75, 3.05) is 23.3 Å². The Morgan fingerprint density at radius 1 is 1.17 bits per heavy atom. The number of aromatic nitrogens is 3.